The van der Waals surface area contributed by atoms with Crippen LogP contribution in [0.15, 0.2) is 24.3 Å². The molecule has 168 valence electrons. The first-order valence-corrected chi connectivity index (χ1v) is 11.6. The Morgan fingerprint density at radius 1 is 1.13 bits per heavy atom. The molecule has 2 amide bonds. The number of rotatable bonds is 12. The van der Waals surface area contributed by atoms with E-state index in [-0.39, 0.29) is 10.1 Å². The average molecular weight is 484 g/mol. The molecule has 1 aromatic rings. The van der Waals surface area contributed by atoms with Gasteiger partial charge in [-0.25, -0.2) is 18.0 Å². The lowest BCUT2D eigenvalue weighted by Gasteiger charge is -2.26. The first-order valence-electron chi connectivity index (χ1n) is 8.70. The molecule has 0 radical (unpaired) electrons. The zero-order valence-corrected chi connectivity index (χ0v) is 18.5. The van der Waals surface area contributed by atoms with Crippen LogP contribution in [0.1, 0.15) is 12.8 Å². The molecule has 0 aromatic heterocycles. The van der Waals surface area contributed by atoms with Crippen molar-refractivity contribution in [2.75, 3.05) is 36.0 Å². The second-order valence-electron chi connectivity index (χ2n) is 6.14. The number of ether oxygens (including phenoxy) is 1. The van der Waals surface area contributed by atoms with Crippen molar-refractivity contribution in [2.45, 2.75) is 18.9 Å². The van der Waals surface area contributed by atoms with Gasteiger partial charge in [-0.2, -0.15) is 4.31 Å². The van der Waals surface area contributed by atoms with Gasteiger partial charge in [0, 0.05) is 37.0 Å². The Labute approximate surface area is 184 Å². The van der Waals surface area contributed by atoms with E-state index < -0.39 is 46.9 Å². The van der Waals surface area contributed by atoms with Gasteiger partial charge in [0.05, 0.1) is 6.26 Å². The van der Waals surface area contributed by atoms with Gasteiger partial charge in [-0.05, 0) is 30.7 Å². The minimum absolute atomic E-state index is 0.00635. The third-order valence-corrected chi connectivity index (χ3v) is 5.34. The summed E-state index contributed by atoms with van der Waals surface area (Å²) in [5.41, 5.74) is 5.75. The number of carboxylic acids is 1. The summed E-state index contributed by atoms with van der Waals surface area (Å²) in [4.78, 5) is 36.8. The Bertz CT molecular complexity index is 843. The molecule has 0 spiro atoms. The van der Waals surface area contributed by atoms with Gasteiger partial charge in [-0.1, -0.05) is 0 Å². The normalized spacial score (nSPS) is 12.1. The highest BCUT2D eigenvalue weighted by atomic mass is 35.5. The van der Waals surface area contributed by atoms with Gasteiger partial charge < -0.3 is 20.5 Å². The molecule has 0 saturated heterocycles. The van der Waals surface area contributed by atoms with Crippen molar-refractivity contribution in [3.63, 3.8) is 0 Å². The maximum atomic E-state index is 12.5. The second-order valence-corrected chi connectivity index (χ2v) is 8.76. The predicted octanol–water partition coefficient (Wildman–Crippen LogP) is 1.45. The van der Waals surface area contributed by atoms with E-state index in [1.54, 1.807) is 12.1 Å². The van der Waals surface area contributed by atoms with Crippen LogP contribution in [0.3, 0.4) is 0 Å². The molecular formula is C17H23Cl2N3O7S. The number of carboxylic acid groups (broad SMARTS) is 1. The summed E-state index contributed by atoms with van der Waals surface area (Å²) in [7, 11) is -4.32. The number of nitrogens with zero attached hydrogens (tertiary/aromatic N) is 2. The summed E-state index contributed by atoms with van der Waals surface area (Å²) in [5.74, 6) is -1.71. The fourth-order valence-electron chi connectivity index (χ4n) is 2.56. The topological polar surface area (TPSA) is 147 Å². The summed E-state index contributed by atoms with van der Waals surface area (Å²) in [6, 6.07) is 4.23. The quantitative estimate of drug-likeness (QED) is 0.424. The smallest absolute Gasteiger partial charge is 0.429 e. The summed E-state index contributed by atoms with van der Waals surface area (Å²) in [5, 5.41) is 9.34. The van der Waals surface area contributed by atoms with Crippen molar-refractivity contribution < 1.29 is 32.6 Å². The van der Waals surface area contributed by atoms with E-state index in [4.69, 9.17) is 33.7 Å². The van der Waals surface area contributed by atoms with Crippen LogP contribution >= 0.6 is 23.2 Å². The number of benzene rings is 1. The number of halogens is 2. The minimum atomic E-state index is -4.32. The largest absolute Gasteiger partial charge is 0.480 e. The molecular weight excluding hydrogens is 461 g/mol. The van der Waals surface area contributed by atoms with Crippen molar-refractivity contribution in [1.82, 2.24) is 4.31 Å². The first kappa shape index (κ1) is 25.8. The molecule has 0 heterocycles. The molecule has 0 bridgehead atoms. The van der Waals surface area contributed by atoms with Crippen LogP contribution < -0.4 is 15.4 Å². The highest BCUT2D eigenvalue weighted by Gasteiger charge is 2.38. The lowest BCUT2D eigenvalue weighted by molar-refractivity contribution is -0.141. The Kier molecular flexibility index (Phi) is 10.2. The summed E-state index contributed by atoms with van der Waals surface area (Å²) in [6.07, 6.45) is -1.67. The van der Waals surface area contributed by atoms with E-state index in [1.165, 1.54) is 12.1 Å². The van der Waals surface area contributed by atoms with Crippen LogP contribution in [0.25, 0.3) is 0 Å². The molecule has 0 aliphatic heterocycles. The molecule has 0 saturated carbocycles. The molecule has 10 nitrogen and oxygen atoms in total. The molecule has 3 N–H and O–H groups in total. The van der Waals surface area contributed by atoms with Crippen molar-refractivity contribution in [1.29, 1.82) is 0 Å². The van der Waals surface area contributed by atoms with Crippen LogP contribution in [-0.2, 0) is 19.6 Å². The zero-order chi connectivity index (χ0) is 22.9. The SMILES string of the molecule is CS(=O)(=O)N(C(=O)Oc1ccc(N(CCCl)CCCl)cc1)C(CCC(N)=O)C(=O)O. The maximum Gasteiger partial charge on any atom is 0.429 e. The number of carbonyl (C=O) groups excluding carboxylic acids is 2. The summed E-state index contributed by atoms with van der Waals surface area (Å²) < 4.78 is 29.2. The zero-order valence-electron chi connectivity index (χ0n) is 16.2. The molecule has 1 rings (SSSR count). The van der Waals surface area contributed by atoms with Crippen molar-refractivity contribution in [3.05, 3.63) is 24.3 Å². The number of aliphatic carboxylic acids is 1. The van der Waals surface area contributed by atoms with Gasteiger partial charge in [0.2, 0.25) is 15.9 Å². The number of alkyl halides is 2. The number of primary amides is 1. The van der Waals surface area contributed by atoms with E-state index in [0.29, 0.717) is 31.1 Å². The standard InChI is InChI=1S/C17H23Cl2N3O7S/c1-30(27,28)22(14(16(24)25)6-7-15(20)23)17(26)29-13-4-2-12(3-5-13)21(10-8-18)11-9-19/h2-5,14H,6-11H2,1H3,(H2,20,23)(H,24,25). The number of amides is 2. The van der Waals surface area contributed by atoms with E-state index in [2.05, 4.69) is 0 Å². The molecule has 0 aliphatic carbocycles. The third kappa shape index (κ3) is 7.88. The summed E-state index contributed by atoms with van der Waals surface area (Å²) in [6.45, 7) is 1.07. The molecule has 1 atom stereocenters. The fraction of sp³-hybridized carbons (Fsp3) is 0.471. The van der Waals surface area contributed by atoms with Gasteiger partial charge in [0.25, 0.3) is 0 Å². The average Bonchev–Trinajstić information content (AvgIpc) is 2.64. The highest BCUT2D eigenvalue weighted by molar-refractivity contribution is 7.88. The molecule has 0 fully saturated rings. The first-order chi connectivity index (χ1) is 14.0. The lowest BCUT2D eigenvalue weighted by Crippen LogP contribution is -2.49. The molecule has 1 unspecified atom stereocenters. The van der Waals surface area contributed by atoms with E-state index in [9.17, 15) is 27.9 Å². The second kappa shape index (κ2) is 11.8. The van der Waals surface area contributed by atoms with Gasteiger partial charge in [-0.15, -0.1) is 23.2 Å². The number of carbonyl (C=O) groups is 3. The van der Waals surface area contributed by atoms with Gasteiger partial charge in [-0.3, -0.25) is 4.79 Å². The van der Waals surface area contributed by atoms with Crippen LogP contribution in [0.4, 0.5) is 10.5 Å². The number of hydrogen-bond donors (Lipinski definition) is 2. The minimum Gasteiger partial charge on any atom is -0.480 e. The van der Waals surface area contributed by atoms with Crippen molar-refractivity contribution >= 4 is 56.9 Å². The Hall–Kier alpha value is -2.24. The Balaban J connectivity index is 3.06. The van der Waals surface area contributed by atoms with E-state index in [1.807, 2.05) is 4.90 Å². The number of anilines is 1. The Morgan fingerprint density at radius 3 is 2.07 bits per heavy atom. The highest BCUT2D eigenvalue weighted by Crippen LogP contribution is 2.22. The predicted molar refractivity (Wildman–Crippen MR) is 113 cm³/mol. The number of sulfonamides is 1. The van der Waals surface area contributed by atoms with Gasteiger partial charge >= 0.3 is 12.1 Å². The van der Waals surface area contributed by atoms with Gasteiger partial charge in [0.15, 0.2) is 0 Å². The van der Waals surface area contributed by atoms with Gasteiger partial charge in [0.1, 0.15) is 11.8 Å². The third-order valence-electron chi connectivity index (χ3n) is 3.89. The molecule has 0 aliphatic rings. The van der Waals surface area contributed by atoms with Crippen LogP contribution in [0.5, 0.6) is 5.75 Å². The van der Waals surface area contributed by atoms with Crippen LogP contribution in [0, 0.1) is 0 Å². The monoisotopic (exact) mass is 483 g/mol. The van der Waals surface area contributed by atoms with Crippen molar-refractivity contribution in [3.8, 4) is 5.75 Å². The number of nitrogens with two attached hydrogens (primary N) is 1. The Morgan fingerprint density at radius 2 is 1.67 bits per heavy atom. The fourth-order valence-corrected chi connectivity index (χ4v) is 3.93. The molecule has 13 heteroatoms. The van der Waals surface area contributed by atoms with E-state index in [0.717, 1.165) is 5.69 Å². The lowest BCUT2D eigenvalue weighted by atomic mass is 10.1. The van der Waals surface area contributed by atoms with Crippen LogP contribution in [-0.4, -0.2) is 72.9 Å². The summed E-state index contributed by atoms with van der Waals surface area (Å²) >= 11 is 11.5. The number of hydrogen-bond acceptors (Lipinski definition) is 7. The molecule has 30 heavy (non-hydrogen) atoms. The van der Waals surface area contributed by atoms with E-state index >= 15 is 0 Å². The molecule has 1 aromatic carbocycles. The van der Waals surface area contributed by atoms with Crippen LogP contribution in [0.2, 0.25) is 0 Å². The van der Waals surface area contributed by atoms with Crippen molar-refractivity contribution in [2.24, 2.45) is 5.73 Å². The maximum absolute atomic E-state index is 12.5.